The topological polar surface area (TPSA) is 78.2 Å². The van der Waals surface area contributed by atoms with Crippen LogP contribution in [0.15, 0.2) is 52.2 Å². The molecule has 0 aliphatic carbocycles. The summed E-state index contributed by atoms with van der Waals surface area (Å²) in [5, 5.41) is 8.94. The van der Waals surface area contributed by atoms with Crippen molar-refractivity contribution in [1.29, 1.82) is 0 Å². The molecule has 7 heteroatoms. The van der Waals surface area contributed by atoms with Crippen LogP contribution >= 0.6 is 0 Å². The first-order valence-corrected chi connectivity index (χ1v) is 9.93. The summed E-state index contributed by atoms with van der Waals surface area (Å²) in [4.78, 5) is 26.6. The molecule has 2 heterocycles. The van der Waals surface area contributed by atoms with Crippen LogP contribution in [0.1, 0.15) is 42.7 Å². The van der Waals surface area contributed by atoms with Crippen molar-refractivity contribution in [2.45, 2.75) is 32.7 Å². The molecular weight excluding hydrogens is 368 g/mol. The zero-order valence-electron chi connectivity index (χ0n) is 17.2. The number of carbonyl (C=O) groups excluding carboxylic acids is 2. The van der Waals surface area contributed by atoms with Crippen LogP contribution in [-0.2, 0) is 9.59 Å². The summed E-state index contributed by atoms with van der Waals surface area (Å²) in [5.41, 5.74) is 3.02. The lowest BCUT2D eigenvalue weighted by molar-refractivity contribution is -0.134. The van der Waals surface area contributed by atoms with Gasteiger partial charge >= 0.3 is 0 Å². The Morgan fingerprint density at radius 3 is 2.66 bits per heavy atom. The van der Waals surface area contributed by atoms with E-state index < -0.39 is 0 Å². The number of amides is 2. The summed E-state index contributed by atoms with van der Waals surface area (Å²) in [6.07, 6.45) is 3.07. The molecule has 1 aliphatic rings. The molecule has 2 amide bonds. The van der Waals surface area contributed by atoms with Crippen LogP contribution in [-0.4, -0.2) is 54.1 Å². The van der Waals surface area contributed by atoms with Gasteiger partial charge in [-0.1, -0.05) is 36.8 Å². The van der Waals surface area contributed by atoms with Gasteiger partial charge in [-0.05, 0) is 38.1 Å². The van der Waals surface area contributed by atoms with Crippen LogP contribution < -0.4 is 5.32 Å². The number of hydrogen-bond acceptors (Lipinski definition) is 5. The van der Waals surface area contributed by atoms with E-state index in [1.165, 1.54) is 10.6 Å². The Kier molecular flexibility index (Phi) is 6.82. The van der Waals surface area contributed by atoms with E-state index in [9.17, 15) is 9.59 Å². The molecule has 29 heavy (non-hydrogen) atoms. The molecule has 7 nitrogen and oxygen atoms in total. The molecule has 0 saturated carbocycles. The second-order valence-electron chi connectivity index (χ2n) is 7.41. The minimum Gasteiger partial charge on any atom is -0.467 e. The third-order valence-electron chi connectivity index (χ3n) is 4.81. The van der Waals surface area contributed by atoms with Gasteiger partial charge in [0.1, 0.15) is 11.8 Å². The summed E-state index contributed by atoms with van der Waals surface area (Å²) in [5.74, 6) is 0.446. The molecule has 0 saturated heterocycles. The van der Waals surface area contributed by atoms with Crippen molar-refractivity contribution >= 4 is 17.5 Å². The predicted molar refractivity (Wildman–Crippen MR) is 111 cm³/mol. The molecule has 0 fully saturated rings. The molecule has 0 unspecified atom stereocenters. The monoisotopic (exact) mass is 396 g/mol. The Morgan fingerprint density at radius 1 is 1.24 bits per heavy atom. The van der Waals surface area contributed by atoms with E-state index in [1.54, 1.807) is 18.2 Å². The average Bonchev–Trinajstić information content (AvgIpc) is 3.36. The van der Waals surface area contributed by atoms with Crippen LogP contribution in [0.25, 0.3) is 0 Å². The highest BCUT2D eigenvalue weighted by Crippen LogP contribution is 2.33. The summed E-state index contributed by atoms with van der Waals surface area (Å²) in [6.45, 7) is 4.94. The number of likely N-dealkylation sites (N-methyl/N-ethyl adjacent to an activating group) is 1. The normalized spacial score (nSPS) is 16.2. The number of aryl methyl sites for hydroxylation is 1. The molecule has 3 rings (SSSR count). The Hall–Kier alpha value is -2.93. The first kappa shape index (κ1) is 20.8. The summed E-state index contributed by atoms with van der Waals surface area (Å²) in [6, 6.07) is 11.5. The number of nitrogens with zero attached hydrogens (tertiary/aromatic N) is 3. The van der Waals surface area contributed by atoms with Gasteiger partial charge in [0.25, 0.3) is 5.91 Å². The number of furan rings is 1. The molecule has 0 radical (unpaired) electrons. The highest BCUT2D eigenvalue weighted by atomic mass is 16.3. The molecule has 0 bridgehead atoms. The van der Waals surface area contributed by atoms with E-state index in [-0.39, 0.29) is 30.9 Å². The summed E-state index contributed by atoms with van der Waals surface area (Å²) < 4.78 is 5.57. The van der Waals surface area contributed by atoms with Crippen LogP contribution in [0, 0.1) is 6.92 Å². The van der Waals surface area contributed by atoms with Crippen molar-refractivity contribution in [2.24, 2.45) is 5.10 Å². The Morgan fingerprint density at radius 2 is 2.00 bits per heavy atom. The second-order valence-corrected chi connectivity index (χ2v) is 7.41. The lowest BCUT2D eigenvalue weighted by Gasteiger charge is -2.23. The standard InChI is InChI=1S/C22H28N4O3/c1-4-11-23-21(27)14-25(3)15-22(28)26-19(20-6-5-12-29-20)13-18(24-26)17-9-7-16(2)8-10-17/h5-10,12,19H,4,11,13-15H2,1-3H3,(H,23,27)/t19-/m1/s1. The first-order valence-electron chi connectivity index (χ1n) is 9.93. The van der Waals surface area contributed by atoms with Crippen LogP contribution in [0.5, 0.6) is 0 Å². The minimum atomic E-state index is -0.281. The third-order valence-corrected chi connectivity index (χ3v) is 4.81. The SMILES string of the molecule is CCCNC(=O)CN(C)CC(=O)N1N=C(c2ccc(C)cc2)C[C@@H]1c1ccco1. The fraction of sp³-hybridized carbons (Fsp3) is 0.409. The van der Waals surface area contributed by atoms with Crippen molar-refractivity contribution in [3.05, 3.63) is 59.5 Å². The fourth-order valence-electron chi connectivity index (χ4n) is 3.29. The third kappa shape index (κ3) is 5.32. The van der Waals surface area contributed by atoms with Gasteiger partial charge in [0.05, 0.1) is 25.1 Å². The Balaban J connectivity index is 1.73. The Bertz CT molecular complexity index is 859. The molecule has 1 N–H and O–H groups in total. The number of hydrazone groups is 1. The van der Waals surface area contributed by atoms with Crippen LogP contribution in [0.4, 0.5) is 0 Å². The molecule has 1 aromatic heterocycles. The smallest absolute Gasteiger partial charge is 0.257 e. The zero-order chi connectivity index (χ0) is 20.8. The fourth-order valence-corrected chi connectivity index (χ4v) is 3.29. The number of nitrogens with one attached hydrogen (secondary N) is 1. The number of carbonyl (C=O) groups is 2. The van der Waals surface area contributed by atoms with E-state index >= 15 is 0 Å². The second kappa shape index (κ2) is 9.52. The lowest BCUT2D eigenvalue weighted by Crippen LogP contribution is -2.41. The molecular formula is C22H28N4O3. The maximum absolute atomic E-state index is 13.0. The van der Waals surface area contributed by atoms with Crippen molar-refractivity contribution in [1.82, 2.24) is 15.2 Å². The maximum atomic E-state index is 13.0. The number of rotatable bonds is 8. The molecule has 1 aromatic carbocycles. The van der Waals surface area contributed by atoms with Crippen molar-refractivity contribution in [3.63, 3.8) is 0 Å². The zero-order valence-corrected chi connectivity index (χ0v) is 17.2. The largest absolute Gasteiger partial charge is 0.467 e. The maximum Gasteiger partial charge on any atom is 0.257 e. The van der Waals surface area contributed by atoms with Gasteiger partial charge in [-0.3, -0.25) is 14.5 Å². The van der Waals surface area contributed by atoms with E-state index in [1.807, 2.05) is 50.2 Å². The molecule has 2 aromatic rings. The Labute approximate surface area is 171 Å². The number of hydrogen-bond donors (Lipinski definition) is 1. The van der Waals surface area contributed by atoms with E-state index in [0.29, 0.717) is 18.7 Å². The summed E-state index contributed by atoms with van der Waals surface area (Å²) in [7, 11) is 1.76. The van der Waals surface area contributed by atoms with Gasteiger partial charge in [-0.2, -0.15) is 5.10 Å². The van der Waals surface area contributed by atoms with Crippen molar-refractivity contribution in [2.75, 3.05) is 26.7 Å². The molecule has 1 atom stereocenters. The predicted octanol–water partition coefficient (Wildman–Crippen LogP) is 2.72. The van der Waals surface area contributed by atoms with E-state index in [4.69, 9.17) is 4.42 Å². The van der Waals surface area contributed by atoms with Crippen LogP contribution in [0.2, 0.25) is 0 Å². The lowest BCUT2D eigenvalue weighted by atomic mass is 10.0. The van der Waals surface area contributed by atoms with Gasteiger partial charge < -0.3 is 9.73 Å². The average molecular weight is 396 g/mol. The van der Waals surface area contributed by atoms with E-state index in [2.05, 4.69) is 10.4 Å². The molecule has 1 aliphatic heterocycles. The van der Waals surface area contributed by atoms with Crippen molar-refractivity contribution in [3.8, 4) is 0 Å². The quantitative estimate of drug-likeness (QED) is 0.744. The highest BCUT2D eigenvalue weighted by Gasteiger charge is 2.35. The van der Waals surface area contributed by atoms with Gasteiger partial charge in [-0.25, -0.2) is 5.01 Å². The molecule has 0 spiro atoms. The van der Waals surface area contributed by atoms with Gasteiger partial charge in [0.2, 0.25) is 5.91 Å². The van der Waals surface area contributed by atoms with Gasteiger partial charge in [0.15, 0.2) is 0 Å². The number of benzene rings is 1. The van der Waals surface area contributed by atoms with Crippen LogP contribution in [0.3, 0.4) is 0 Å². The minimum absolute atomic E-state index is 0.0880. The van der Waals surface area contributed by atoms with Gasteiger partial charge in [-0.15, -0.1) is 0 Å². The highest BCUT2D eigenvalue weighted by molar-refractivity contribution is 6.03. The van der Waals surface area contributed by atoms with Gasteiger partial charge in [0, 0.05) is 13.0 Å². The molecule has 154 valence electrons. The van der Waals surface area contributed by atoms with Crippen molar-refractivity contribution < 1.29 is 14.0 Å². The van der Waals surface area contributed by atoms with E-state index in [0.717, 1.165) is 17.7 Å². The summed E-state index contributed by atoms with van der Waals surface area (Å²) >= 11 is 0. The first-order chi connectivity index (χ1) is 14.0.